The van der Waals surface area contributed by atoms with Crippen LogP contribution in [0.1, 0.15) is 35.7 Å². The third-order valence-electron chi connectivity index (χ3n) is 3.05. The van der Waals surface area contributed by atoms with Gasteiger partial charge in [-0.25, -0.2) is 0 Å². The van der Waals surface area contributed by atoms with E-state index < -0.39 is 0 Å². The summed E-state index contributed by atoms with van der Waals surface area (Å²) in [6, 6.07) is 4.27. The molecule has 1 aromatic carbocycles. The summed E-state index contributed by atoms with van der Waals surface area (Å²) in [5, 5.41) is 8.48. The summed E-state index contributed by atoms with van der Waals surface area (Å²) in [4.78, 5) is 0. The Balaban J connectivity index is 2.07. The fourth-order valence-electron chi connectivity index (χ4n) is 2.21. The molecule has 0 saturated carbocycles. The van der Waals surface area contributed by atoms with Crippen LogP contribution in [0.3, 0.4) is 0 Å². The van der Waals surface area contributed by atoms with E-state index in [9.17, 15) is 0 Å². The van der Waals surface area contributed by atoms with E-state index in [-0.39, 0.29) is 0 Å². The number of aryl methyl sites for hydroxylation is 3. The van der Waals surface area contributed by atoms with Crippen molar-refractivity contribution in [3.8, 4) is 5.75 Å². The normalized spacial score (nSPS) is 10.6. The van der Waals surface area contributed by atoms with E-state index in [1.54, 1.807) is 0 Å². The van der Waals surface area contributed by atoms with Crippen molar-refractivity contribution in [1.29, 1.82) is 0 Å². The molecule has 0 bridgehead atoms. The zero-order valence-electron chi connectivity index (χ0n) is 12.5. The van der Waals surface area contributed by atoms with Crippen molar-refractivity contribution < 1.29 is 4.74 Å². The van der Waals surface area contributed by atoms with E-state index in [1.165, 1.54) is 17.1 Å². The smallest absolute Gasteiger partial charge is 0.136 e. The van der Waals surface area contributed by atoms with Gasteiger partial charge in [-0.2, -0.15) is 0 Å². The second kappa shape index (κ2) is 6.70. The molecule has 1 heterocycles. The van der Waals surface area contributed by atoms with Gasteiger partial charge in [-0.15, -0.1) is 5.10 Å². The molecule has 0 spiro atoms. The first-order valence-corrected chi connectivity index (χ1v) is 7.65. The Morgan fingerprint density at radius 1 is 1.20 bits per heavy atom. The first-order chi connectivity index (χ1) is 9.61. The Bertz CT molecular complexity index is 557. The molecule has 0 aliphatic heterocycles. The average Bonchev–Trinajstić information content (AvgIpc) is 2.82. The van der Waals surface area contributed by atoms with Crippen LogP contribution in [-0.2, 0) is 6.61 Å². The summed E-state index contributed by atoms with van der Waals surface area (Å²) in [6.07, 6.45) is 1.08. The first-order valence-electron chi connectivity index (χ1n) is 6.87. The maximum atomic E-state index is 5.95. The summed E-state index contributed by atoms with van der Waals surface area (Å²) >= 11 is 1.38. The molecule has 0 aliphatic carbocycles. The molecule has 1 N–H and O–H groups in total. The zero-order chi connectivity index (χ0) is 14.5. The highest BCUT2D eigenvalue weighted by atomic mass is 32.1. The van der Waals surface area contributed by atoms with Crippen molar-refractivity contribution in [1.82, 2.24) is 9.59 Å². The molecule has 0 unspecified atom stereocenters. The molecule has 5 heteroatoms. The highest BCUT2D eigenvalue weighted by molar-refractivity contribution is 7.10. The molecule has 0 amide bonds. The molecule has 2 aromatic rings. The summed E-state index contributed by atoms with van der Waals surface area (Å²) in [5.74, 6) is 0.949. The Hall–Kier alpha value is -1.62. The predicted molar refractivity (Wildman–Crippen MR) is 83.7 cm³/mol. The van der Waals surface area contributed by atoms with Crippen molar-refractivity contribution in [3.05, 3.63) is 34.5 Å². The van der Waals surface area contributed by atoms with Gasteiger partial charge in [0, 0.05) is 18.1 Å². The van der Waals surface area contributed by atoms with Crippen molar-refractivity contribution in [2.24, 2.45) is 0 Å². The lowest BCUT2D eigenvalue weighted by atomic mass is 10.1. The van der Waals surface area contributed by atoms with Crippen molar-refractivity contribution in [2.45, 2.75) is 40.7 Å². The van der Waals surface area contributed by atoms with Crippen LogP contribution < -0.4 is 10.1 Å². The van der Waals surface area contributed by atoms with Crippen molar-refractivity contribution in [3.63, 3.8) is 0 Å². The van der Waals surface area contributed by atoms with Crippen LogP contribution in [-0.4, -0.2) is 16.1 Å². The van der Waals surface area contributed by atoms with Gasteiger partial charge in [0.1, 0.15) is 23.1 Å². The Morgan fingerprint density at radius 2 is 1.90 bits per heavy atom. The van der Waals surface area contributed by atoms with Gasteiger partial charge in [0.2, 0.25) is 0 Å². The van der Waals surface area contributed by atoms with E-state index in [2.05, 4.69) is 54.7 Å². The Morgan fingerprint density at radius 3 is 2.55 bits per heavy atom. The van der Waals surface area contributed by atoms with E-state index in [4.69, 9.17) is 4.74 Å². The second-order valence-corrected chi connectivity index (χ2v) is 5.75. The molecule has 4 nitrogen and oxygen atoms in total. The molecular formula is C15H21N3OS. The summed E-state index contributed by atoms with van der Waals surface area (Å²) < 4.78 is 9.95. The minimum Gasteiger partial charge on any atom is -0.487 e. The third-order valence-corrected chi connectivity index (χ3v) is 3.78. The predicted octanol–water partition coefficient (Wildman–Crippen LogP) is 3.86. The van der Waals surface area contributed by atoms with E-state index in [0.717, 1.165) is 40.5 Å². The summed E-state index contributed by atoms with van der Waals surface area (Å²) in [7, 11) is 0. The summed E-state index contributed by atoms with van der Waals surface area (Å²) in [6.45, 7) is 9.76. The third kappa shape index (κ3) is 3.48. The summed E-state index contributed by atoms with van der Waals surface area (Å²) in [5.41, 5.74) is 4.46. The SMILES string of the molecule is CCCNc1snnc1COc1c(C)cc(C)cc1C. The number of benzene rings is 1. The van der Waals surface area contributed by atoms with Gasteiger partial charge < -0.3 is 10.1 Å². The van der Waals surface area contributed by atoms with Gasteiger partial charge in [0.25, 0.3) is 0 Å². The molecular weight excluding hydrogens is 270 g/mol. The monoisotopic (exact) mass is 291 g/mol. The molecule has 108 valence electrons. The quantitative estimate of drug-likeness (QED) is 0.877. The number of nitrogens with zero attached hydrogens (tertiary/aromatic N) is 2. The molecule has 0 atom stereocenters. The van der Waals surface area contributed by atoms with Crippen molar-refractivity contribution >= 4 is 16.5 Å². The number of ether oxygens (including phenoxy) is 1. The number of hydrogen-bond donors (Lipinski definition) is 1. The maximum absolute atomic E-state index is 5.95. The van der Waals surface area contributed by atoms with Gasteiger partial charge >= 0.3 is 0 Å². The Labute approximate surface area is 124 Å². The molecule has 0 aliphatic rings. The molecule has 20 heavy (non-hydrogen) atoms. The van der Waals surface area contributed by atoms with Crippen LogP contribution in [0, 0.1) is 20.8 Å². The fraction of sp³-hybridized carbons (Fsp3) is 0.467. The first kappa shape index (κ1) is 14.8. The second-order valence-electron chi connectivity index (χ2n) is 4.99. The Kier molecular flexibility index (Phi) is 4.95. The molecule has 0 radical (unpaired) electrons. The van der Waals surface area contributed by atoms with Crippen LogP contribution in [0.2, 0.25) is 0 Å². The minimum absolute atomic E-state index is 0.452. The average molecular weight is 291 g/mol. The number of rotatable bonds is 6. The van der Waals surface area contributed by atoms with Crippen LogP contribution in [0.5, 0.6) is 5.75 Å². The van der Waals surface area contributed by atoms with Crippen molar-refractivity contribution in [2.75, 3.05) is 11.9 Å². The lowest BCUT2D eigenvalue weighted by Crippen LogP contribution is -2.05. The van der Waals surface area contributed by atoms with Crippen LogP contribution in [0.15, 0.2) is 12.1 Å². The van der Waals surface area contributed by atoms with E-state index in [1.807, 2.05) is 0 Å². The van der Waals surface area contributed by atoms with Crippen LogP contribution >= 0.6 is 11.5 Å². The van der Waals surface area contributed by atoms with Gasteiger partial charge in [-0.1, -0.05) is 29.1 Å². The highest BCUT2D eigenvalue weighted by Gasteiger charge is 2.10. The lowest BCUT2D eigenvalue weighted by Gasteiger charge is -2.12. The van der Waals surface area contributed by atoms with E-state index in [0.29, 0.717) is 6.61 Å². The van der Waals surface area contributed by atoms with Gasteiger partial charge in [0.05, 0.1) is 0 Å². The standard InChI is InChI=1S/C15H21N3OS/c1-5-6-16-15-13(17-18-20-15)9-19-14-11(3)7-10(2)8-12(14)4/h7-8,16H,5-6,9H2,1-4H3. The number of aromatic nitrogens is 2. The number of anilines is 1. The van der Waals surface area contributed by atoms with Crippen LogP contribution in [0.25, 0.3) is 0 Å². The topological polar surface area (TPSA) is 47.0 Å². The van der Waals surface area contributed by atoms with E-state index >= 15 is 0 Å². The van der Waals surface area contributed by atoms with Gasteiger partial charge in [-0.3, -0.25) is 0 Å². The number of nitrogens with one attached hydrogen (secondary N) is 1. The lowest BCUT2D eigenvalue weighted by molar-refractivity contribution is 0.297. The largest absolute Gasteiger partial charge is 0.487 e. The molecule has 0 fully saturated rings. The van der Waals surface area contributed by atoms with Crippen LogP contribution in [0.4, 0.5) is 5.00 Å². The number of hydrogen-bond acceptors (Lipinski definition) is 5. The zero-order valence-corrected chi connectivity index (χ0v) is 13.3. The molecule has 0 saturated heterocycles. The van der Waals surface area contributed by atoms with Gasteiger partial charge in [-0.05, 0) is 38.3 Å². The minimum atomic E-state index is 0.452. The molecule has 2 rings (SSSR count). The highest BCUT2D eigenvalue weighted by Crippen LogP contribution is 2.26. The van der Waals surface area contributed by atoms with Gasteiger partial charge in [0.15, 0.2) is 0 Å². The fourth-order valence-corrected chi connectivity index (χ4v) is 2.80. The molecule has 1 aromatic heterocycles. The maximum Gasteiger partial charge on any atom is 0.136 e.